The van der Waals surface area contributed by atoms with E-state index >= 15 is 0 Å². The number of amides is 2. The second-order valence-electron chi connectivity index (χ2n) is 5.56. The minimum atomic E-state index is -0.377. The van der Waals surface area contributed by atoms with Gasteiger partial charge in [-0.25, -0.2) is 0 Å². The average molecular weight is 356 g/mol. The van der Waals surface area contributed by atoms with E-state index in [0.717, 1.165) is 18.7 Å². The van der Waals surface area contributed by atoms with Crippen LogP contribution >= 0.6 is 12.4 Å². The van der Waals surface area contributed by atoms with Crippen LogP contribution in [0.15, 0.2) is 24.3 Å². The second kappa shape index (κ2) is 10.2. The van der Waals surface area contributed by atoms with Gasteiger partial charge in [0, 0.05) is 38.7 Å². The Morgan fingerprint density at radius 1 is 1.29 bits per heavy atom. The van der Waals surface area contributed by atoms with Crippen molar-refractivity contribution in [3.63, 3.8) is 0 Å². The molecule has 1 saturated heterocycles. The van der Waals surface area contributed by atoms with Gasteiger partial charge in [-0.2, -0.15) is 0 Å². The average Bonchev–Trinajstić information content (AvgIpc) is 2.55. The molecule has 7 heteroatoms. The highest BCUT2D eigenvalue weighted by molar-refractivity contribution is 5.85. The molecule has 134 valence electrons. The maximum atomic E-state index is 12.5. The lowest BCUT2D eigenvalue weighted by atomic mass is 10.0. The summed E-state index contributed by atoms with van der Waals surface area (Å²) >= 11 is 0. The van der Waals surface area contributed by atoms with Gasteiger partial charge in [0.1, 0.15) is 5.75 Å². The molecule has 6 nitrogen and oxygen atoms in total. The van der Waals surface area contributed by atoms with E-state index in [1.165, 1.54) is 6.92 Å². The zero-order valence-electron chi connectivity index (χ0n) is 14.2. The Bertz CT molecular complexity index is 548. The molecular weight excluding hydrogens is 330 g/mol. The SMILES string of the molecule is CCOc1ccccc1C(CC(=O)N1CCNCC1)NC(C)=O.Cl. The molecule has 1 heterocycles. The van der Waals surface area contributed by atoms with Gasteiger partial charge in [-0.05, 0) is 13.0 Å². The number of ether oxygens (including phenoxy) is 1. The Labute approximate surface area is 149 Å². The fourth-order valence-corrected chi connectivity index (χ4v) is 2.76. The smallest absolute Gasteiger partial charge is 0.225 e. The molecule has 0 radical (unpaired) electrons. The highest BCUT2D eigenvalue weighted by Gasteiger charge is 2.24. The van der Waals surface area contributed by atoms with Crippen LogP contribution in [0.2, 0.25) is 0 Å². The maximum absolute atomic E-state index is 12.5. The van der Waals surface area contributed by atoms with Crippen molar-refractivity contribution in [1.29, 1.82) is 0 Å². The first-order chi connectivity index (χ1) is 11.1. The summed E-state index contributed by atoms with van der Waals surface area (Å²) in [5.41, 5.74) is 0.841. The first kappa shape index (κ1) is 20.3. The molecule has 2 amide bonds. The van der Waals surface area contributed by atoms with E-state index in [1.807, 2.05) is 36.1 Å². The van der Waals surface area contributed by atoms with Crippen molar-refractivity contribution < 1.29 is 14.3 Å². The lowest BCUT2D eigenvalue weighted by molar-refractivity contribution is -0.132. The Hall–Kier alpha value is -1.79. The van der Waals surface area contributed by atoms with Crippen LogP contribution in [0.5, 0.6) is 5.75 Å². The van der Waals surface area contributed by atoms with Crippen LogP contribution in [0, 0.1) is 0 Å². The normalized spacial score (nSPS) is 15.2. The summed E-state index contributed by atoms with van der Waals surface area (Å²) in [6.07, 6.45) is 0.240. The molecular formula is C17H26ClN3O3. The zero-order chi connectivity index (χ0) is 16.7. The van der Waals surface area contributed by atoms with Gasteiger partial charge in [-0.3, -0.25) is 9.59 Å². The largest absolute Gasteiger partial charge is 0.494 e. The molecule has 24 heavy (non-hydrogen) atoms. The Morgan fingerprint density at radius 3 is 2.58 bits per heavy atom. The third kappa shape index (κ3) is 5.69. The summed E-state index contributed by atoms with van der Waals surface area (Å²) in [6, 6.07) is 7.16. The number of piperazine rings is 1. The summed E-state index contributed by atoms with van der Waals surface area (Å²) in [6.45, 7) is 6.95. The van der Waals surface area contributed by atoms with Crippen molar-refractivity contribution in [2.24, 2.45) is 0 Å². The van der Waals surface area contributed by atoms with Crippen molar-refractivity contribution in [2.75, 3.05) is 32.8 Å². The summed E-state index contributed by atoms with van der Waals surface area (Å²) in [4.78, 5) is 25.9. The van der Waals surface area contributed by atoms with Crippen molar-refractivity contribution in [2.45, 2.75) is 26.3 Å². The number of benzene rings is 1. The third-order valence-corrected chi connectivity index (χ3v) is 3.82. The van der Waals surface area contributed by atoms with E-state index in [2.05, 4.69) is 10.6 Å². The second-order valence-corrected chi connectivity index (χ2v) is 5.56. The summed E-state index contributed by atoms with van der Waals surface area (Å²) < 4.78 is 5.64. The Balaban J connectivity index is 0.00000288. The van der Waals surface area contributed by atoms with Crippen LogP contribution in [0.4, 0.5) is 0 Å². The fourth-order valence-electron chi connectivity index (χ4n) is 2.76. The van der Waals surface area contributed by atoms with Gasteiger partial charge in [0.05, 0.1) is 19.1 Å². The van der Waals surface area contributed by atoms with E-state index in [9.17, 15) is 9.59 Å². The zero-order valence-corrected chi connectivity index (χ0v) is 15.0. The molecule has 1 unspecified atom stereocenters. The topological polar surface area (TPSA) is 70.7 Å². The molecule has 1 aliphatic heterocycles. The first-order valence-corrected chi connectivity index (χ1v) is 8.09. The number of para-hydroxylation sites is 1. The van der Waals surface area contributed by atoms with Gasteiger partial charge in [0.2, 0.25) is 11.8 Å². The van der Waals surface area contributed by atoms with Crippen LogP contribution in [0.3, 0.4) is 0 Å². The van der Waals surface area contributed by atoms with E-state index in [-0.39, 0.29) is 36.7 Å². The van der Waals surface area contributed by atoms with E-state index in [4.69, 9.17) is 4.74 Å². The van der Waals surface area contributed by atoms with Gasteiger partial charge in [-0.1, -0.05) is 18.2 Å². The molecule has 0 bridgehead atoms. The number of carbonyl (C=O) groups is 2. The molecule has 1 aliphatic rings. The Morgan fingerprint density at radius 2 is 1.96 bits per heavy atom. The van der Waals surface area contributed by atoms with Crippen LogP contribution in [-0.4, -0.2) is 49.5 Å². The minimum Gasteiger partial charge on any atom is -0.494 e. The van der Waals surface area contributed by atoms with Crippen LogP contribution < -0.4 is 15.4 Å². The number of nitrogens with one attached hydrogen (secondary N) is 2. The monoisotopic (exact) mass is 355 g/mol. The first-order valence-electron chi connectivity index (χ1n) is 8.09. The van der Waals surface area contributed by atoms with Crippen molar-refractivity contribution in [1.82, 2.24) is 15.5 Å². The van der Waals surface area contributed by atoms with Gasteiger partial charge < -0.3 is 20.3 Å². The van der Waals surface area contributed by atoms with E-state index in [0.29, 0.717) is 25.4 Å². The predicted octanol–water partition coefficient (Wildman–Crippen LogP) is 1.51. The summed E-state index contributed by atoms with van der Waals surface area (Å²) in [7, 11) is 0. The quantitative estimate of drug-likeness (QED) is 0.811. The highest BCUT2D eigenvalue weighted by atomic mass is 35.5. The number of hydrogen-bond donors (Lipinski definition) is 2. The summed E-state index contributed by atoms with van der Waals surface area (Å²) in [5, 5.41) is 6.11. The van der Waals surface area contributed by atoms with E-state index in [1.54, 1.807) is 0 Å². The van der Waals surface area contributed by atoms with Crippen molar-refractivity contribution >= 4 is 24.2 Å². The summed E-state index contributed by atoms with van der Waals surface area (Å²) in [5.74, 6) is 0.604. The standard InChI is InChI=1S/C17H25N3O3.ClH/c1-3-23-16-7-5-4-6-14(16)15(19-13(2)21)12-17(22)20-10-8-18-9-11-20;/h4-7,15,18H,3,8-12H2,1-2H3,(H,19,21);1H. The number of halogens is 1. The molecule has 0 aliphatic carbocycles. The van der Waals surface area contributed by atoms with Crippen LogP contribution in [0.25, 0.3) is 0 Å². The van der Waals surface area contributed by atoms with E-state index < -0.39 is 0 Å². The lowest BCUT2D eigenvalue weighted by Crippen LogP contribution is -2.47. The molecule has 1 fully saturated rings. The molecule has 1 aromatic rings. The molecule has 0 aromatic heterocycles. The van der Waals surface area contributed by atoms with Gasteiger partial charge in [-0.15, -0.1) is 12.4 Å². The van der Waals surface area contributed by atoms with Gasteiger partial charge in [0.15, 0.2) is 0 Å². The molecule has 1 aromatic carbocycles. The van der Waals surface area contributed by atoms with Crippen molar-refractivity contribution in [3.8, 4) is 5.75 Å². The van der Waals surface area contributed by atoms with Crippen LogP contribution in [0.1, 0.15) is 31.9 Å². The lowest BCUT2D eigenvalue weighted by Gasteiger charge is -2.29. The minimum absolute atomic E-state index is 0. The molecule has 2 rings (SSSR count). The third-order valence-electron chi connectivity index (χ3n) is 3.82. The Kier molecular flexibility index (Phi) is 8.57. The number of rotatable bonds is 6. The molecule has 2 N–H and O–H groups in total. The number of carbonyl (C=O) groups excluding carboxylic acids is 2. The van der Waals surface area contributed by atoms with Crippen LogP contribution in [-0.2, 0) is 9.59 Å². The molecule has 0 saturated carbocycles. The van der Waals surface area contributed by atoms with Gasteiger partial charge >= 0.3 is 0 Å². The predicted molar refractivity (Wildman–Crippen MR) is 95.5 cm³/mol. The van der Waals surface area contributed by atoms with Gasteiger partial charge in [0.25, 0.3) is 0 Å². The highest BCUT2D eigenvalue weighted by Crippen LogP contribution is 2.28. The van der Waals surface area contributed by atoms with Crippen molar-refractivity contribution in [3.05, 3.63) is 29.8 Å². The molecule has 1 atom stereocenters. The molecule has 0 spiro atoms. The number of nitrogens with zero attached hydrogens (tertiary/aromatic N) is 1. The maximum Gasteiger partial charge on any atom is 0.225 e. The fraction of sp³-hybridized carbons (Fsp3) is 0.529. The number of hydrogen-bond acceptors (Lipinski definition) is 4.